The van der Waals surface area contributed by atoms with Gasteiger partial charge in [-0.25, -0.2) is 4.98 Å². The highest BCUT2D eigenvalue weighted by Gasteiger charge is 2.04. The van der Waals surface area contributed by atoms with Gasteiger partial charge >= 0.3 is 0 Å². The van der Waals surface area contributed by atoms with Crippen molar-refractivity contribution in [1.29, 1.82) is 0 Å². The quantitative estimate of drug-likeness (QED) is 0.791. The number of aromatic nitrogens is 2. The highest BCUT2D eigenvalue weighted by atomic mass is 16.5. The third-order valence-corrected chi connectivity index (χ3v) is 2.48. The fourth-order valence-electron chi connectivity index (χ4n) is 1.64. The molecule has 0 atom stereocenters. The molecule has 2 rings (SSSR count). The molecule has 0 aliphatic carbocycles. The van der Waals surface area contributed by atoms with Crippen LogP contribution in [0.15, 0.2) is 18.5 Å². The molecule has 0 fully saturated rings. The zero-order valence-corrected chi connectivity index (χ0v) is 9.00. The van der Waals surface area contributed by atoms with Crippen LogP contribution < -0.4 is 10.1 Å². The van der Waals surface area contributed by atoms with Gasteiger partial charge in [-0.2, -0.15) is 0 Å². The van der Waals surface area contributed by atoms with Gasteiger partial charge in [-0.15, -0.1) is 0 Å². The van der Waals surface area contributed by atoms with E-state index in [0.717, 1.165) is 18.5 Å². The van der Waals surface area contributed by atoms with Crippen LogP contribution in [0.5, 0.6) is 5.88 Å². The molecule has 80 valence electrons. The molecule has 0 radical (unpaired) electrons. The highest BCUT2D eigenvalue weighted by molar-refractivity contribution is 5.83. The van der Waals surface area contributed by atoms with E-state index in [4.69, 9.17) is 4.74 Å². The molecular formula is C11H15N3O. The van der Waals surface area contributed by atoms with E-state index >= 15 is 0 Å². The van der Waals surface area contributed by atoms with Crippen LogP contribution in [-0.4, -0.2) is 30.7 Å². The van der Waals surface area contributed by atoms with Crippen LogP contribution in [0.3, 0.4) is 0 Å². The zero-order valence-electron chi connectivity index (χ0n) is 9.00. The summed E-state index contributed by atoms with van der Waals surface area (Å²) < 4.78 is 5.11. The van der Waals surface area contributed by atoms with Gasteiger partial charge in [-0.3, -0.25) is 0 Å². The molecule has 2 aromatic rings. The molecule has 0 aromatic carbocycles. The number of hydrogen-bond donors (Lipinski definition) is 2. The molecule has 0 aliphatic rings. The van der Waals surface area contributed by atoms with Crippen LogP contribution in [0.4, 0.5) is 0 Å². The summed E-state index contributed by atoms with van der Waals surface area (Å²) in [5.74, 6) is 0.660. The molecule has 0 bridgehead atoms. The van der Waals surface area contributed by atoms with Crippen molar-refractivity contribution in [2.45, 2.75) is 6.42 Å². The third kappa shape index (κ3) is 1.94. The number of ether oxygens (including phenoxy) is 1. The Morgan fingerprint density at radius 2 is 2.40 bits per heavy atom. The fourth-order valence-corrected chi connectivity index (χ4v) is 1.64. The predicted octanol–water partition coefficient (Wildman–Crippen LogP) is 1.33. The van der Waals surface area contributed by atoms with Gasteiger partial charge in [0.25, 0.3) is 0 Å². The second-order valence-electron chi connectivity index (χ2n) is 3.44. The van der Waals surface area contributed by atoms with Crippen molar-refractivity contribution in [1.82, 2.24) is 15.3 Å². The van der Waals surface area contributed by atoms with Gasteiger partial charge < -0.3 is 15.0 Å². The SMILES string of the molecule is CNCCc1c[nH]c2cnc(OC)cc12. The number of likely N-dealkylation sites (N-methyl/N-ethyl adjacent to an activating group) is 1. The van der Waals surface area contributed by atoms with E-state index in [9.17, 15) is 0 Å². The molecule has 15 heavy (non-hydrogen) atoms. The average Bonchev–Trinajstić information content (AvgIpc) is 2.68. The van der Waals surface area contributed by atoms with Crippen LogP contribution >= 0.6 is 0 Å². The number of nitrogens with one attached hydrogen (secondary N) is 2. The average molecular weight is 205 g/mol. The Labute approximate surface area is 88.7 Å². The maximum Gasteiger partial charge on any atom is 0.213 e. The third-order valence-electron chi connectivity index (χ3n) is 2.48. The van der Waals surface area contributed by atoms with E-state index in [0.29, 0.717) is 5.88 Å². The number of rotatable bonds is 4. The molecule has 0 unspecified atom stereocenters. The summed E-state index contributed by atoms with van der Waals surface area (Å²) in [4.78, 5) is 7.35. The Kier molecular flexibility index (Phi) is 2.87. The maximum atomic E-state index is 5.11. The summed E-state index contributed by atoms with van der Waals surface area (Å²) in [6.07, 6.45) is 4.84. The number of methoxy groups -OCH3 is 1. The smallest absolute Gasteiger partial charge is 0.213 e. The number of aromatic amines is 1. The van der Waals surface area contributed by atoms with Gasteiger partial charge in [-0.05, 0) is 25.6 Å². The lowest BCUT2D eigenvalue weighted by atomic mass is 10.1. The second-order valence-corrected chi connectivity index (χ2v) is 3.44. The molecule has 2 heterocycles. The van der Waals surface area contributed by atoms with Crippen molar-refractivity contribution >= 4 is 10.9 Å². The van der Waals surface area contributed by atoms with Gasteiger partial charge in [0, 0.05) is 17.6 Å². The monoisotopic (exact) mass is 205 g/mol. The minimum atomic E-state index is 0.660. The van der Waals surface area contributed by atoms with Crippen molar-refractivity contribution in [2.75, 3.05) is 20.7 Å². The molecule has 0 saturated heterocycles. The Morgan fingerprint density at radius 3 is 3.13 bits per heavy atom. The number of hydrogen-bond acceptors (Lipinski definition) is 3. The topological polar surface area (TPSA) is 49.9 Å². The van der Waals surface area contributed by atoms with Crippen molar-refractivity contribution in [2.24, 2.45) is 0 Å². The first-order chi connectivity index (χ1) is 7.35. The van der Waals surface area contributed by atoms with Crippen molar-refractivity contribution in [3.63, 3.8) is 0 Å². The normalized spacial score (nSPS) is 10.8. The van der Waals surface area contributed by atoms with Crippen molar-refractivity contribution < 1.29 is 4.74 Å². The summed E-state index contributed by atoms with van der Waals surface area (Å²) in [5.41, 5.74) is 2.35. The van der Waals surface area contributed by atoms with E-state index in [-0.39, 0.29) is 0 Å². The minimum absolute atomic E-state index is 0.660. The van der Waals surface area contributed by atoms with Gasteiger partial charge in [-0.1, -0.05) is 0 Å². The standard InChI is InChI=1S/C11H15N3O/c1-12-4-3-8-6-13-10-7-14-11(15-2)5-9(8)10/h5-7,12-13H,3-4H2,1-2H3. The highest BCUT2D eigenvalue weighted by Crippen LogP contribution is 2.21. The largest absolute Gasteiger partial charge is 0.481 e. The van der Waals surface area contributed by atoms with Gasteiger partial charge in [0.2, 0.25) is 5.88 Å². The van der Waals surface area contributed by atoms with Crippen molar-refractivity contribution in [3.05, 3.63) is 24.0 Å². The summed E-state index contributed by atoms with van der Waals surface area (Å²) in [5, 5.41) is 4.33. The van der Waals surface area contributed by atoms with Crippen LogP contribution in [0.2, 0.25) is 0 Å². The molecule has 0 aliphatic heterocycles. The Bertz CT molecular complexity index is 450. The second kappa shape index (κ2) is 4.31. The van der Waals surface area contributed by atoms with Crippen LogP contribution in [0.25, 0.3) is 10.9 Å². The summed E-state index contributed by atoms with van der Waals surface area (Å²) in [7, 11) is 3.59. The fraction of sp³-hybridized carbons (Fsp3) is 0.364. The van der Waals surface area contributed by atoms with Crippen LogP contribution in [0.1, 0.15) is 5.56 Å². The molecule has 4 nitrogen and oxygen atoms in total. The summed E-state index contributed by atoms with van der Waals surface area (Å²) in [6.45, 7) is 0.970. The molecule has 0 amide bonds. The summed E-state index contributed by atoms with van der Waals surface area (Å²) in [6, 6.07) is 1.97. The molecule has 4 heteroatoms. The first-order valence-electron chi connectivity index (χ1n) is 4.99. The number of fused-ring (bicyclic) bond motifs is 1. The lowest BCUT2D eigenvalue weighted by molar-refractivity contribution is 0.398. The zero-order chi connectivity index (χ0) is 10.7. The molecule has 2 N–H and O–H groups in total. The van der Waals surface area contributed by atoms with Gasteiger partial charge in [0.05, 0.1) is 18.8 Å². The van der Waals surface area contributed by atoms with Gasteiger partial charge in [0.1, 0.15) is 0 Å². The lowest BCUT2D eigenvalue weighted by Crippen LogP contribution is -2.09. The summed E-state index contributed by atoms with van der Waals surface area (Å²) >= 11 is 0. The number of nitrogens with zero attached hydrogens (tertiary/aromatic N) is 1. The van der Waals surface area contributed by atoms with E-state index in [2.05, 4.69) is 15.3 Å². The Morgan fingerprint density at radius 1 is 1.53 bits per heavy atom. The number of pyridine rings is 1. The molecular weight excluding hydrogens is 190 g/mol. The lowest BCUT2D eigenvalue weighted by Gasteiger charge is -2.00. The first kappa shape index (κ1) is 9.98. The minimum Gasteiger partial charge on any atom is -0.481 e. The molecule has 2 aromatic heterocycles. The number of H-pyrrole nitrogens is 1. The van der Waals surface area contributed by atoms with Crippen molar-refractivity contribution in [3.8, 4) is 5.88 Å². The van der Waals surface area contributed by atoms with E-state index in [1.165, 1.54) is 10.9 Å². The predicted molar refractivity (Wildman–Crippen MR) is 60.3 cm³/mol. The van der Waals surface area contributed by atoms with Gasteiger partial charge in [0.15, 0.2) is 0 Å². The van der Waals surface area contributed by atoms with E-state index in [1.54, 1.807) is 13.3 Å². The first-order valence-corrected chi connectivity index (χ1v) is 4.99. The maximum absolute atomic E-state index is 5.11. The van der Waals surface area contributed by atoms with E-state index < -0.39 is 0 Å². The van der Waals surface area contributed by atoms with Crippen LogP contribution in [-0.2, 0) is 6.42 Å². The Balaban J connectivity index is 2.38. The molecule has 0 spiro atoms. The van der Waals surface area contributed by atoms with E-state index in [1.807, 2.05) is 19.3 Å². The Hall–Kier alpha value is -1.55. The van der Waals surface area contributed by atoms with Crippen LogP contribution in [0, 0.1) is 0 Å². The molecule has 0 saturated carbocycles.